The number of hydrogen-bond acceptors (Lipinski definition) is 3. The number of nitrogens with zero attached hydrogens (tertiary/aromatic N) is 1. The minimum absolute atomic E-state index is 0.0678. The van der Waals surface area contributed by atoms with Crippen LogP contribution in [0.3, 0.4) is 0 Å². The molecule has 1 amide bonds. The van der Waals surface area contributed by atoms with Crippen LogP contribution < -0.4 is 5.32 Å². The van der Waals surface area contributed by atoms with Gasteiger partial charge in [-0.3, -0.25) is 9.69 Å². The lowest BCUT2D eigenvalue weighted by Gasteiger charge is -2.29. The Kier molecular flexibility index (Phi) is 4.93. The molecule has 3 nitrogen and oxygen atoms in total. The van der Waals surface area contributed by atoms with Crippen molar-refractivity contribution in [2.24, 2.45) is 0 Å². The van der Waals surface area contributed by atoms with Crippen LogP contribution in [0.15, 0.2) is 0 Å². The van der Waals surface area contributed by atoms with Gasteiger partial charge in [-0.15, -0.1) is 0 Å². The van der Waals surface area contributed by atoms with E-state index in [-0.39, 0.29) is 11.4 Å². The molecule has 4 heteroatoms. The number of carbonyl (C=O) groups excluding carboxylic acids is 1. The van der Waals surface area contributed by atoms with Gasteiger partial charge in [0.25, 0.3) is 0 Å². The standard InChI is InChI=1S/C11H22N2OS/c1-4-11(2,3)12-10(14)9-13-5-7-15-8-6-13/h4-9H2,1-3H3,(H,12,14). The first-order valence-electron chi connectivity index (χ1n) is 5.64. The van der Waals surface area contributed by atoms with Crippen LogP contribution in [0.25, 0.3) is 0 Å². The molecule has 1 aliphatic rings. The van der Waals surface area contributed by atoms with Gasteiger partial charge in [-0.25, -0.2) is 0 Å². The van der Waals surface area contributed by atoms with Crippen molar-refractivity contribution in [1.29, 1.82) is 0 Å². The van der Waals surface area contributed by atoms with Crippen molar-refractivity contribution >= 4 is 17.7 Å². The minimum atomic E-state index is -0.0678. The molecule has 1 aliphatic heterocycles. The highest BCUT2D eigenvalue weighted by molar-refractivity contribution is 7.99. The summed E-state index contributed by atoms with van der Waals surface area (Å²) in [4.78, 5) is 14.0. The Morgan fingerprint density at radius 2 is 2.00 bits per heavy atom. The van der Waals surface area contributed by atoms with Gasteiger partial charge in [0.2, 0.25) is 5.91 Å². The predicted octanol–water partition coefficient (Wildman–Crippen LogP) is 1.34. The molecule has 0 aromatic rings. The van der Waals surface area contributed by atoms with Crippen molar-refractivity contribution in [2.45, 2.75) is 32.7 Å². The van der Waals surface area contributed by atoms with E-state index in [0.717, 1.165) is 31.0 Å². The van der Waals surface area contributed by atoms with Crippen molar-refractivity contribution in [1.82, 2.24) is 10.2 Å². The van der Waals surface area contributed by atoms with Crippen LogP contribution in [0.2, 0.25) is 0 Å². The van der Waals surface area contributed by atoms with E-state index in [0.29, 0.717) is 6.54 Å². The molecule has 0 aromatic carbocycles. The average Bonchev–Trinajstić information content (AvgIpc) is 2.18. The van der Waals surface area contributed by atoms with Crippen molar-refractivity contribution in [3.63, 3.8) is 0 Å². The first-order chi connectivity index (χ1) is 7.03. The lowest BCUT2D eigenvalue weighted by Crippen LogP contribution is -2.48. The van der Waals surface area contributed by atoms with Crippen LogP contribution >= 0.6 is 11.8 Å². The topological polar surface area (TPSA) is 32.3 Å². The second kappa shape index (κ2) is 5.75. The summed E-state index contributed by atoms with van der Waals surface area (Å²) in [5.74, 6) is 2.48. The number of carbonyl (C=O) groups is 1. The molecule has 15 heavy (non-hydrogen) atoms. The number of rotatable bonds is 4. The summed E-state index contributed by atoms with van der Waals surface area (Å²) in [6, 6.07) is 0. The zero-order valence-corrected chi connectivity index (χ0v) is 10.8. The summed E-state index contributed by atoms with van der Waals surface area (Å²) in [7, 11) is 0. The molecule has 0 bridgehead atoms. The summed E-state index contributed by atoms with van der Waals surface area (Å²) < 4.78 is 0. The Hall–Kier alpha value is -0.220. The molecule has 1 rings (SSSR count). The zero-order chi connectivity index (χ0) is 11.3. The second-order valence-corrected chi connectivity index (χ2v) is 5.90. The summed E-state index contributed by atoms with van der Waals surface area (Å²) in [6.07, 6.45) is 0.967. The van der Waals surface area contributed by atoms with Crippen molar-refractivity contribution in [3.8, 4) is 0 Å². The third kappa shape index (κ3) is 4.89. The molecule has 0 aromatic heterocycles. The Balaban J connectivity index is 2.28. The van der Waals surface area contributed by atoms with Crippen LogP contribution in [0, 0.1) is 0 Å². The highest BCUT2D eigenvalue weighted by Gasteiger charge is 2.20. The Labute approximate surface area is 97.0 Å². The molecule has 0 spiro atoms. The summed E-state index contributed by atoms with van der Waals surface area (Å²) in [6.45, 7) is 8.88. The number of nitrogens with one attached hydrogen (secondary N) is 1. The van der Waals surface area contributed by atoms with Crippen LogP contribution in [0.5, 0.6) is 0 Å². The molecule has 0 saturated carbocycles. The van der Waals surface area contributed by atoms with Gasteiger partial charge in [0.15, 0.2) is 0 Å². The third-order valence-corrected chi connectivity index (χ3v) is 3.78. The highest BCUT2D eigenvalue weighted by Crippen LogP contribution is 2.10. The van der Waals surface area contributed by atoms with E-state index in [1.807, 2.05) is 11.8 Å². The Morgan fingerprint density at radius 3 is 2.53 bits per heavy atom. The molecule has 0 unspecified atom stereocenters. The van der Waals surface area contributed by atoms with E-state index in [9.17, 15) is 4.79 Å². The van der Waals surface area contributed by atoms with Gasteiger partial charge in [-0.05, 0) is 20.3 Å². The van der Waals surface area contributed by atoms with Crippen LogP contribution in [0.1, 0.15) is 27.2 Å². The molecular formula is C11H22N2OS. The second-order valence-electron chi connectivity index (χ2n) is 4.67. The molecule has 1 N–H and O–H groups in total. The smallest absolute Gasteiger partial charge is 0.234 e. The normalized spacial score (nSPS) is 18.9. The molecule has 1 heterocycles. The summed E-state index contributed by atoms with van der Waals surface area (Å²) in [5.41, 5.74) is -0.0678. The molecule has 1 fully saturated rings. The van der Waals surface area contributed by atoms with Gasteiger partial charge in [0, 0.05) is 30.1 Å². The molecule has 88 valence electrons. The van der Waals surface area contributed by atoms with Crippen LogP contribution in [-0.2, 0) is 4.79 Å². The van der Waals surface area contributed by atoms with E-state index in [1.165, 1.54) is 0 Å². The van der Waals surface area contributed by atoms with Crippen molar-refractivity contribution in [3.05, 3.63) is 0 Å². The van der Waals surface area contributed by atoms with E-state index in [4.69, 9.17) is 0 Å². The molecule has 0 radical (unpaired) electrons. The first-order valence-corrected chi connectivity index (χ1v) is 6.80. The lowest BCUT2D eigenvalue weighted by atomic mass is 10.0. The number of amides is 1. The van der Waals surface area contributed by atoms with Gasteiger partial charge in [0.05, 0.1) is 6.54 Å². The summed E-state index contributed by atoms with van der Waals surface area (Å²) >= 11 is 1.97. The van der Waals surface area contributed by atoms with Gasteiger partial charge in [0.1, 0.15) is 0 Å². The predicted molar refractivity (Wildman–Crippen MR) is 66.3 cm³/mol. The van der Waals surface area contributed by atoms with Crippen molar-refractivity contribution in [2.75, 3.05) is 31.1 Å². The van der Waals surface area contributed by atoms with Crippen molar-refractivity contribution < 1.29 is 4.79 Å². The van der Waals surface area contributed by atoms with Gasteiger partial charge < -0.3 is 5.32 Å². The largest absolute Gasteiger partial charge is 0.350 e. The minimum Gasteiger partial charge on any atom is -0.350 e. The third-order valence-electron chi connectivity index (χ3n) is 2.83. The number of thioether (sulfide) groups is 1. The SMILES string of the molecule is CCC(C)(C)NC(=O)CN1CCSCC1. The highest BCUT2D eigenvalue weighted by atomic mass is 32.2. The maximum atomic E-state index is 11.7. The maximum Gasteiger partial charge on any atom is 0.234 e. The average molecular weight is 230 g/mol. The summed E-state index contributed by atoms with van der Waals surface area (Å²) in [5, 5.41) is 3.07. The fourth-order valence-electron chi connectivity index (χ4n) is 1.47. The molecular weight excluding hydrogens is 208 g/mol. The fourth-order valence-corrected chi connectivity index (χ4v) is 2.45. The fraction of sp³-hybridized carbons (Fsp3) is 0.909. The molecule has 1 saturated heterocycles. The monoisotopic (exact) mass is 230 g/mol. The van der Waals surface area contributed by atoms with Crippen LogP contribution in [0.4, 0.5) is 0 Å². The van der Waals surface area contributed by atoms with Crippen LogP contribution in [-0.4, -0.2) is 47.5 Å². The van der Waals surface area contributed by atoms with E-state index < -0.39 is 0 Å². The Bertz CT molecular complexity index is 213. The van der Waals surface area contributed by atoms with E-state index in [2.05, 4.69) is 31.0 Å². The number of hydrogen-bond donors (Lipinski definition) is 1. The zero-order valence-electron chi connectivity index (χ0n) is 10.0. The quantitative estimate of drug-likeness (QED) is 0.791. The van der Waals surface area contributed by atoms with E-state index in [1.54, 1.807) is 0 Å². The van der Waals surface area contributed by atoms with E-state index >= 15 is 0 Å². The molecule has 0 atom stereocenters. The van der Waals surface area contributed by atoms with Gasteiger partial charge in [-0.1, -0.05) is 6.92 Å². The van der Waals surface area contributed by atoms with Gasteiger partial charge in [-0.2, -0.15) is 11.8 Å². The first kappa shape index (κ1) is 12.8. The Morgan fingerprint density at radius 1 is 1.40 bits per heavy atom. The molecule has 0 aliphatic carbocycles. The van der Waals surface area contributed by atoms with Gasteiger partial charge >= 0.3 is 0 Å². The lowest BCUT2D eigenvalue weighted by molar-refractivity contribution is -0.123. The maximum absolute atomic E-state index is 11.7.